The van der Waals surface area contributed by atoms with Crippen LogP contribution in [-0.2, 0) is 11.3 Å². The highest BCUT2D eigenvalue weighted by Gasteiger charge is 2.42. The number of amides is 1. The molecule has 2 aliphatic rings. The van der Waals surface area contributed by atoms with E-state index < -0.39 is 5.60 Å². The first-order valence-corrected chi connectivity index (χ1v) is 9.09. The summed E-state index contributed by atoms with van der Waals surface area (Å²) in [6.07, 6.45) is 6.46. The molecule has 25 heavy (non-hydrogen) atoms. The number of nitrogens with zero attached hydrogens (tertiary/aromatic N) is 3. The van der Waals surface area contributed by atoms with Gasteiger partial charge in [0.25, 0.3) is 0 Å². The van der Waals surface area contributed by atoms with Crippen molar-refractivity contribution in [1.82, 2.24) is 9.88 Å². The molecule has 0 radical (unpaired) electrons. The Morgan fingerprint density at radius 1 is 1.28 bits per heavy atom. The van der Waals surface area contributed by atoms with Crippen LogP contribution in [0.1, 0.15) is 45.6 Å². The van der Waals surface area contributed by atoms with Gasteiger partial charge >= 0.3 is 6.09 Å². The van der Waals surface area contributed by atoms with Crippen LogP contribution in [0.3, 0.4) is 0 Å². The van der Waals surface area contributed by atoms with Crippen LogP contribution in [0.4, 0.5) is 10.5 Å². The van der Waals surface area contributed by atoms with Gasteiger partial charge in [0, 0.05) is 49.8 Å². The molecule has 0 unspecified atom stereocenters. The number of likely N-dealkylation sites (tertiary alicyclic amines) is 1. The molecule has 2 aliphatic heterocycles. The van der Waals surface area contributed by atoms with E-state index in [0.29, 0.717) is 0 Å². The molecular formula is C19H29N3O3. The van der Waals surface area contributed by atoms with Crippen LogP contribution in [0.15, 0.2) is 18.5 Å². The number of carbonyl (C=O) groups is 1. The van der Waals surface area contributed by atoms with Gasteiger partial charge in [-0.3, -0.25) is 4.98 Å². The Morgan fingerprint density at radius 2 is 1.96 bits per heavy atom. The van der Waals surface area contributed by atoms with E-state index in [4.69, 9.17) is 4.74 Å². The van der Waals surface area contributed by atoms with Gasteiger partial charge in [0.1, 0.15) is 5.60 Å². The molecule has 6 nitrogen and oxygen atoms in total. The normalized spacial score (nSPS) is 20.2. The Hall–Kier alpha value is -1.82. The second kappa shape index (κ2) is 6.83. The highest BCUT2D eigenvalue weighted by atomic mass is 16.6. The van der Waals surface area contributed by atoms with E-state index in [2.05, 4.69) is 9.88 Å². The van der Waals surface area contributed by atoms with Gasteiger partial charge in [-0.15, -0.1) is 0 Å². The van der Waals surface area contributed by atoms with Gasteiger partial charge in [-0.1, -0.05) is 0 Å². The summed E-state index contributed by atoms with van der Waals surface area (Å²) in [6, 6.07) is 1.99. The molecule has 0 atom stereocenters. The summed E-state index contributed by atoms with van der Waals surface area (Å²) < 4.78 is 5.49. The Bertz CT molecular complexity index is 619. The molecular weight excluding hydrogens is 318 g/mol. The predicted octanol–water partition coefficient (Wildman–Crippen LogP) is 2.80. The largest absolute Gasteiger partial charge is 0.444 e. The first-order chi connectivity index (χ1) is 11.8. The van der Waals surface area contributed by atoms with Crippen LogP contribution < -0.4 is 4.90 Å². The van der Waals surface area contributed by atoms with Crippen LogP contribution >= 0.6 is 0 Å². The fourth-order valence-electron chi connectivity index (χ4n) is 3.89. The highest BCUT2D eigenvalue weighted by molar-refractivity contribution is 5.68. The van der Waals surface area contributed by atoms with E-state index in [1.807, 2.05) is 31.7 Å². The molecule has 1 N–H and O–H groups in total. The van der Waals surface area contributed by atoms with Crippen molar-refractivity contribution in [1.29, 1.82) is 0 Å². The third-order valence-electron chi connectivity index (χ3n) is 5.30. The molecule has 138 valence electrons. The molecule has 1 amide bonds. The lowest BCUT2D eigenvalue weighted by Crippen LogP contribution is -2.46. The SMILES string of the molecule is CC(C)(C)OC(=O)N1CCC2(CC1)CCN(c1ccncc1CO)C2. The first kappa shape index (κ1) is 18.0. The third kappa shape index (κ3) is 4.06. The second-order valence-electron chi connectivity index (χ2n) is 8.30. The van der Waals surface area contributed by atoms with Crippen LogP contribution in [0, 0.1) is 5.41 Å². The minimum atomic E-state index is -0.446. The number of ether oxygens (including phenoxy) is 1. The van der Waals surface area contributed by atoms with Gasteiger partial charge in [-0.05, 0) is 51.5 Å². The van der Waals surface area contributed by atoms with E-state index in [1.54, 1.807) is 12.4 Å². The lowest BCUT2D eigenvalue weighted by molar-refractivity contribution is 0.0122. The Kier molecular flexibility index (Phi) is 4.91. The predicted molar refractivity (Wildman–Crippen MR) is 96.5 cm³/mol. The van der Waals surface area contributed by atoms with Crippen LogP contribution in [0.25, 0.3) is 0 Å². The Morgan fingerprint density at radius 3 is 2.60 bits per heavy atom. The van der Waals surface area contributed by atoms with Crippen molar-refractivity contribution in [2.45, 2.75) is 52.2 Å². The van der Waals surface area contributed by atoms with E-state index in [1.165, 1.54) is 0 Å². The molecule has 3 heterocycles. The number of carbonyl (C=O) groups excluding carboxylic acids is 1. The molecule has 0 saturated carbocycles. The number of pyridine rings is 1. The molecule has 3 rings (SSSR count). The number of aliphatic hydroxyl groups excluding tert-OH is 1. The van der Waals surface area contributed by atoms with Crippen molar-refractivity contribution in [2.24, 2.45) is 5.41 Å². The fraction of sp³-hybridized carbons (Fsp3) is 0.684. The number of rotatable bonds is 2. The lowest BCUT2D eigenvalue weighted by atomic mass is 9.78. The average Bonchev–Trinajstić information content (AvgIpc) is 2.97. The monoisotopic (exact) mass is 347 g/mol. The topological polar surface area (TPSA) is 65.9 Å². The van der Waals surface area contributed by atoms with Crippen molar-refractivity contribution in [3.8, 4) is 0 Å². The van der Waals surface area contributed by atoms with E-state index >= 15 is 0 Å². The van der Waals surface area contributed by atoms with E-state index in [-0.39, 0.29) is 18.1 Å². The number of piperidine rings is 1. The van der Waals surface area contributed by atoms with E-state index in [9.17, 15) is 9.90 Å². The molecule has 1 aromatic rings. The zero-order chi connectivity index (χ0) is 18.1. The summed E-state index contributed by atoms with van der Waals surface area (Å²) in [4.78, 5) is 20.5. The van der Waals surface area contributed by atoms with Gasteiger partial charge in [-0.2, -0.15) is 0 Å². The molecule has 1 aromatic heterocycles. The quantitative estimate of drug-likeness (QED) is 0.891. The number of anilines is 1. The van der Waals surface area contributed by atoms with Crippen LogP contribution in [-0.4, -0.2) is 52.9 Å². The fourth-order valence-corrected chi connectivity index (χ4v) is 3.89. The first-order valence-electron chi connectivity index (χ1n) is 9.09. The maximum absolute atomic E-state index is 12.2. The summed E-state index contributed by atoms with van der Waals surface area (Å²) >= 11 is 0. The number of aromatic nitrogens is 1. The Labute approximate surface area is 149 Å². The summed E-state index contributed by atoms with van der Waals surface area (Å²) in [7, 11) is 0. The average molecular weight is 347 g/mol. The second-order valence-corrected chi connectivity index (χ2v) is 8.30. The Balaban J connectivity index is 1.60. The number of hydrogen-bond acceptors (Lipinski definition) is 5. The third-order valence-corrected chi connectivity index (χ3v) is 5.30. The minimum absolute atomic E-state index is 0.0130. The maximum Gasteiger partial charge on any atom is 0.410 e. The number of hydrogen-bond donors (Lipinski definition) is 1. The van der Waals surface area contributed by atoms with E-state index in [0.717, 1.165) is 56.7 Å². The molecule has 0 aliphatic carbocycles. The minimum Gasteiger partial charge on any atom is -0.444 e. The molecule has 6 heteroatoms. The van der Waals surface area contributed by atoms with Gasteiger partial charge in [0.05, 0.1) is 6.61 Å². The zero-order valence-electron chi connectivity index (χ0n) is 15.5. The summed E-state index contributed by atoms with van der Waals surface area (Å²) in [5.74, 6) is 0. The van der Waals surface area contributed by atoms with Crippen molar-refractivity contribution in [3.63, 3.8) is 0 Å². The van der Waals surface area contributed by atoms with Gasteiger partial charge < -0.3 is 19.6 Å². The lowest BCUT2D eigenvalue weighted by Gasteiger charge is -2.39. The van der Waals surface area contributed by atoms with Gasteiger partial charge in [0.15, 0.2) is 0 Å². The molecule has 0 bridgehead atoms. The highest BCUT2D eigenvalue weighted by Crippen LogP contribution is 2.42. The molecule has 2 fully saturated rings. The standard InChI is InChI=1S/C19H29N3O3/c1-18(2,3)25-17(24)21-9-5-19(6-10-21)7-11-22(14-19)16-4-8-20-12-15(16)13-23/h4,8,12,23H,5-7,9-11,13-14H2,1-3H3. The van der Waals surface area contributed by atoms with Gasteiger partial charge in [-0.25, -0.2) is 4.79 Å². The van der Waals surface area contributed by atoms with Crippen LogP contribution in [0.2, 0.25) is 0 Å². The smallest absolute Gasteiger partial charge is 0.410 e. The van der Waals surface area contributed by atoms with Crippen LogP contribution in [0.5, 0.6) is 0 Å². The summed E-state index contributed by atoms with van der Waals surface area (Å²) in [6.45, 7) is 9.20. The van der Waals surface area contributed by atoms with Crippen molar-refractivity contribution in [3.05, 3.63) is 24.0 Å². The van der Waals surface area contributed by atoms with Gasteiger partial charge in [0.2, 0.25) is 0 Å². The number of aliphatic hydroxyl groups is 1. The van der Waals surface area contributed by atoms with Crippen molar-refractivity contribution < 1.29 is 14.6 Å². The maximum atomic E-state index is 12.2. The molecule has 2 saturated heterocycles. The molecule has 0 aromatic carbocycles. The van der Waals surface area contributed by atoms with Crippen molar-refractivity contribution in [2.75, 3.05) is 31.1 Å². The summed E-state index contributed by atoms with van der Waals surface area (Å²) in [5.41, 5.74) is 1.78. The summed E-state index contributed by atoms with van der Waals surface area (Å²) in [5, 5.41) is 9.54. The molecule has 1 spiro atoms. The van der Waals surface area contributed by atoms with Crippen molar-refractivity contribution >= 4 is 11.8 Å². The zero-order valence-corrected chi connectivity index (χ0v) is 15.5.